The minimum Gasteiger partial charge on any atom is -0.367 e. The molecule has 7 nitrogen and oxygen atoms in total. The van der Waals surface area contributed by atoms with Crippen molar-refractivity contribution in [2.24, 2.45) is 0 Å². The van der Waals surface area contributed by atoms with Gasteiger partial charge in [0, 0.05) is 38.2 Å². The van der Waals surface area contributed by atoms with E-state index in [-0.39, 0.29) is 11.5 Å². The van der Waals surface area contributed by atoms with Gasteiger partial charge in [0.2, 0.25) is 5.91 Å². The van der Waals surface area contributed by atoms with E-state index >= 15 is 0 Å². The quantitative estimate of drug-likeness (QED) is 0.712. The minimum absolute atomic E-state index is 0.0747. The molecule has 1 aliphatic heterocycles. The van der Waals surface area contributed by atoms with Crippen molar-refractivity contribution in [3.05, 3.63) is 64.7 Å². The van der Waals surface area contributed by atoms with Crippen LogP contribution < -0.4 is 10.9 Å². The molecule has 0 unspecified atom stereocenters. The van der Waals surface area contributed by atoms with E-state index in [1.165, 1.54) is 0 Å². The van der Waals surface area contributed by atoms with Crippen molar-refractivity contribution in [1.82, 2.24) is 19.9 Å². The van der Waals surface area contributed by atoms with Crippen LogP contribution in [0.25, 0.3) is 11.0 Å². The first kappa shape index (κ1) is 18.2. The standard InChI is InChI=1S/C21H23N5O2/c27-20(9-8-18-21(28)25-17-6-2-1-5-16(17)24-18)26-13-10-15(11-14-26)23-19-7-3-4-12-22-19/h1-7,12,15H,8-11,13-14H2,(H,22,23)(H,25,28). The third-order valence-electron chi connectivity index (χ3n) is 5.11. The van der Waals surface area contributed by atoms with Gasteiger partial charge >= 0.3 is 0 Å². The van der Waals surface area contributed by atoms with Crippen LogP contribution in [0.15, 0.2) is 53.5 Å². The van der Waals surface area contributed by atoms with E-state index in [0.717, 1.165) is 24.2 Å². The van der Waals surface area contributed by atoms with E-state index in [4.69, 9.17) is 0 Å². The first-order valence-corrected chi connectivity index (χ1v) is 9.62. The lowest BCUT2D eigenvalue weighted by molar-refractivity contribution is -0.132. The van der Waals surface area contributed by atoms with Gasteiger partial charge in [-0.3, -0.25) is 9.59 Å². The van der Waals surface area contributed by atoms with Crippen LogP contribution in [0.4, 0.5) is 5.82 Å². The van der Waals surface area contributed by atoms with Gasteiger partial charge in [-0.1, -0.05) is 18.2 Å². The van der Waals surface area contributed by atoms with E-state index in [9.17, 15) is 9.59 Å². The van der Waals surface area contributed by atoms with Gasteiger partial charge < -0.3 is 15.2 Å². The largest absolute Gasteiger partial charge is 0.367 e. The van der Waals surface area contributed by atoms with Crippen molar-refractivity contribution in [3.8, 4) is 0 Å². The molecule has 0 bridgehead atoms. The maximum atomic E-state index is 12.6. The lowest BCUT2D eigenvalue weighted by atomic mass is 10.0. The summed E-state index contributed by atoms with van der Waals surface area (Å²) in [4.78, 5) is 38.2. The number of aromatic nitrogens is 3. The lowest BCUT2D eigenvalue weighted by Gasteiger charge is -2.32. The fourth-order valence-electron chi connectivity index (χ4n) is 3.55. The molecule has 4 rings (SSSR count). The van der Waals surface area contributed by atoms with Gasteiger partial charge in [-0.25, -0.2) is 9.97 Å². The summed E-state index contributed by atoms with van der Waals surface area (Å²) in [7, 11) is 0. The number of fused-ring (bicyclic) bond motifs is 1. The molecule has 1 amide bonds. The molecule has 2 aromatic heterocycles. The normalized spacial score (nSPS) is 14.9. The van der Waals surface area contributed by atoms with Crippen LogP contribution in [0.1, 0.15) is 25.0 Å². The molecule has 0 spiro atoms. The van der Waals surface area contributed by atoms with Crippen LogP contribution in [0.2, 0.25) is 0 Å². The smallest absolute Gasteiger partial charge is 0.270 e. The zero-order chi connectivity index (χ0) is 19.3. The monoisotopic (exact) mass is 377 g/mol. The summed E-state index contributed by atoms with van der Waals surface area (Å²) in [6.45, 7) is 1.43. The zero-order valence-corrected chi connectivity index (χ0v) is 15.6. The second-order valence-electron chi connectivity index (χ2n) is 7.04. The van der Waals surface area contributed by atoms with E-state index in [1.54, 1.807) is 6.20 Å². The van der Waals surface area contributed by atoms with Crippen LogP contribution in [-0.2, 0) is 11.2 Å². The maximum Gasteiger partial charge on any atom is 0.270 e. The summed E-state index contributed by atoms with van der Waals surface area (Å²) in [5.41, 5.74) is 1.65. The predicted octanol–water partition coefficient (Wildman–Crippen LogP) is 2.35. The molecule has 3 heterocycles. The number of hydrogen-bond donors (Lipinski definition) is 2. The summed E-state index contributed by atoms with van der Waals surface area (Å²) in [6.07, 6.45) is 4.19. The molecule has 0 saturated carbocycles. The van der Waals surface area contributed by atoms with Crippen LogP contribution in [-0.4, -0.2) is 44.9 Å². The van der Waals surface area contributed by atoms with Gasteiger partial charge in [0.25, 0.3) is 5.56 Å². The van der Waals surface area contributed by atoms with Crippen molar-refractivity contribution in [2.45, 2.75) is 31.7 Å². The highest BCUT2D eigenvalue weighted by molar-refractivity contribution is 5.77. The van der Waals surface area contributed by atoms with E-state index in [1.807, 2.05) is 47.4 Å². The number of nitrogens with one attached hydrogen (secondary N) is 2. The Kier molecular flexibility index (Phi) is 5.32. The molecule has 0 radical (unpaired) electrons. The average molecular weight is 377 g/mol. The number of likely N-dealkylation sites (tertiary alicyclic amines) is 1. The van der Waals surface area contributed by atoms with Gasteiger partial charge in [-0.15, -0.1) is 0 Å². The highest BCUT2D eigenvalue weighted by Crippen LogP contribution is 2.16. The summed E-state index contributed by atoms with van der Waals surface area (Å²) in [6, 6.07) is 13.5. The molecule has 1 aliphatic rings. The number of pyridine rings is 1. The van der Waals surface area contributed by atoms with Crippen LogP contribution in [0.3, 0.4) is 0 Å². The number of para-hydroxylation sites is 2. The number of hydrogen-bond acceptors (Lipinski definition) is 5. The second-order valence-corrected chi connectivity index (χ2v) is 7.04. The van der Waals surface area contributed by atoms with Crippen molar-refractivity contribution < 1.29 is 4.79 Å². The molecule has 7 heteroatoms. The molecule has 1 saturated heterocycles. The fourth-order valence-corrected chi connectivity index (χ4v) is 3.55. The predicted molar refractivity (Wildman–Crippen MR) is 108 cm³/mol. The number of carbonyl (C=O) groups is 1. The van der Waals surface area contributed by atoms with Crippen LogP contribution in [0.5, 0.6) is 0 Å². The molecule has 0 aliphatic carbocycles. The highest BCUT2D eigenvalue weighted by atomic mass is 16.2. The van der Waals surface area contributed by atoms with Crippen LogP contribution >= 0.6 is 0 Å². The Morgan fingerprint density at radius 3 is 2.71 bits per heavy atom. The van der Waals surface area contributed by atoms with E-state index in [2.05, 4.69) is 20.3 Å². The summed E-state index contributed by atoms with van der Waals surface area (Å²) in [5.74, 6) is 0.944. The number of carbonyl (C=O) groups excluding carboxylic acids is 1. The SMILES string of the molecule is O=C(CCc1nc2ccccc2[nH]c1=O)N1CCC(Nc2ccccn2)CC1. The molecule has 28 heavy (non-hydrogen) atoms. The Hall–Kier alpha value is -3.22. The molecule has 1 aromatic carbocycles. The molecule has 0 atom stereocenters. The van der Waals surface area contributed by atoms with E-state index in [0.29, 0.717) is 43.2 Å². The summed E-state index contributed by atoms with van der Waals surface area (Å²) < 4.78 is 0. The minimum atomic E-state index is -0.218. The Morgan fingerprint density at radius 2 is 1.93 bits per heavy atom. The molecule has 1 fully saturated rings. The Bertz CT molecular complexity index is 1010. The number of aromatic amines is 1. The molecule has 3 aromatic rings. The number of piperidine rings is 1. The van der Waals surface area contributed by atoms with Crippen molar-refractivity contribution >= 4 is 22.8 Å². The maximum absolute atomic E-state index is 12.6. The molecule has 144 valence electrons. The van der Waals surface area contributed by atoms with Crippen molar-refractivity contribution in [3.63, 3.8) is 0 Å². The third kappa shape index (κ3) is 4.19. The third-order valence-corrected chi connectivity index (χ3v) is 5.11. The topological polar surface area (TPSA) is 91.0 Å². The number of anilines is 1. The Labute approximate surface area is 162 Å². The number of aryl methyl sites for hydroxylation is 1. The van der Waals surface area contributed by atoms with E-state index < -0.39 is 0 Å². The number of rotatable bonds is 5. The lowest BCUT2D eigenvalue weighted by Crippen LogP contribution is -2.42. The summed E-state index contributed by atoms with van der Waals surface area (Å²) >= 11 is 0. The number of H-pyrrole nitrogens is 1. The first-order valence-electron chi connectivity index (χ1n) is 9.62. The molecule has 2 N–H and O–H groups in total. The Balaban J connectivity index is 1.30. The van der Waals surface area contributed by atoms with Gasteiger partial charge in [0.1, 0.15) is 11.5 Å². The zero-order valence-electron chi connectivity index (χ0n) is 15.6. The number of nitrogens with zero attached hydrogens (tertiary/aromatic N) is 3. The van der Waals surface area contributed by atoms with Crippen molar-refractivity contribution in [2.75, 3.05) is 18.4 Å². The average Bonchev–Trinajstić information content (AvgIpc) is 2.73. The number of amides is 1. The van der Waals surface area contributed by atoms with Crippen LogP contribution in [0, 0.1) is 0 Å². The van der Waals surface area contributed by atoms with Gasteiger partial charge in [-0.05, 0) is 37.1 Å². The Morgan fingerprint density at radius 1 is 1.14 bits per heavy atom. The van der Waals surface area contributed by atoms with Gasteiger partial charge in [0.05, 0.1) is 11.0 Å². The van der Waals surface area contributed by atoms with Gasteiger partial charge in [0.15, 0.2) is 0 Å². The molecular weight excluding hydrogens is 354 g/mol. The fraction of sp³-hybridized carbons (Fsp3) is 0.333. The first-order chi connectivity index (χ1) is 13.7. The van der Waals surface area contributed by atoms with Gasteiger partial charge in [-0.2, -0.15) is 0 Å². The number of benzene rings is 1. The summed E-state index contributed by atoms with van der Waals surface area (Å²) in [5, 5.41) is 3.42. The molecular formula is C21H23N5O2. The van der Waals surface area contributed by atoms with Crippen molar-refractivity contribution in [1.29, 1.82) is 0 Å². The highest BCUT2D eigenvalue weighted by Gasteiger charge is 2.23. The second kappa shape index (κ2) is 8.21.